The van der Waals surface area contributed by atoms with E-state index in [0.29, 0.717) is 32.1 Å². The third-order valence-corrected chi connectivity index (χ3v) is 5.18. The minimum atomic E-state index is 0.0152. The lowest BCUT2D eigenvalue weighted by Crippen LogP contribution is -2.50. The third-order valence-electron chi connectivity index (χ3n) is 5.18. The fourth-order valence-corrected chi connectivity index (χ4v) is 3.54. The molecule has 2 saturated heterocycles. The van der Waals surface area contributed by atoms with E-state index in [4.69, 9.17) is 14.5 Å². The summed E-state index contributed by atoms with van der Waals surface area (Å²) < 4.78 is 11.0. The van der Waals surface area contributed by atoms with Crippen molar-refractivity contribution in [1.29, 1.82) is 0 Å². The number of carbonyl (C=O) groups excluding carboxylic acids is 1. The lowest BCUT2D eigenvalue weighted by molar-refractivity contribution is -0.133. The third kappa shape index (κ3) is 4.95. The Hall–Kier alpha value is -2.87. The van der Waals surface area contributed by atoms with Gasteiger partial charge in [-0.05, 0) is 19.1 Å². The lowest BCUT2D eigenvalue weighted by Gasteiger charge is -2.36. The van der Waals surface area contributed by atoms with Crippen molar-refractivity contribution >= 4 is 17.7 Å². The van der Waals surface area contributed by atoms with E-state index < -0.39 is 0 Å². The number of morpholine rings is 1. The van der Waals surface area contributed by atoms with Crippen molar-refractivity contribution < 1.29 is 14.3 Å². The van der Waals surface area contributed by atoms with Crippen LogP contribution in [0.4, 0.5) is 11.8 Å². The summed E-state index contributed by atoms with van der Waals surface area (Å²) in [5.74, 6) is 2.41. The van der Waals surface area contributed by atoms with E-state index in [9.17, 15) is 4.79 Å². The Morgan fingerprint density at radius 3 is 2.45 bits per heavy atom. The van der Waals surface area contributed by atoms with E-state index >= 15 is 0 Å². The monoisotopic (exact) mass is 397 g/mol. The Balaban J connectivity index is 1.33. The first-order valence-corrected chi connectivity index (χ1v) is 10.1. The smallest absolute Gasteiger partial charge is 0.260 e. The van der Waals surface area contributed by atoms with Gasteiger partial charge in [0, 0.05) is 51.0 Å². The Morgan fingerprint density at radius 2 is 1.72 bits per heavy atom. The van der Waals surface area contributed by atoms with Gasteiger partial charge >= 0.3 is 0 Å². The van der Waals surface area contributed by atoms with Crippen LogP contribution in [-0.4, -0.2) is 79.9 Å². The van der Waals surface area contributed by atoms with Crippen LogP contribution in [0.25, 0.3) is 0 Å². The van der Waals surface area contributed by atoms with Gasteiger partial charge in [-0.25, -0.2) is 4.98 Å². The zero-order valence-electron chi connectivity index (χ0n) is 16.8. The summed E-state index contributed by atoms with van der Waals surface area (Å²) in [6, 6.07) is 11.4. The number of carbonyl (C=O) groups is 1. The van der Waals surface area contributed by atoms with Crippen molar-refractivity contribution in [2.45, 2.75) is 6.92 Å². The van der Waals surface area contributed by atoms with Crippen molar-refractivity contribution in [2.24, 2.45) is 0 Å². The van der Waals surface area contributed by atoms with Crippen molar-refractivity contribution in [2.75, 3.05) is 68.9 Å². The maximum Gasteiger partial charge on any atom is 0.260 e. The topological polar surface area (TPSA) is 71.0 Å². The van der Waals surface area contributed by atoms with Gasteiger partial charge in [0.1, 0.15) is 11.6 Å². The standard InChI is InChI=1S/C21H27N5O3/c1-17-15-19(23-21(22-17)26-11-13-28-14-12-26)24-7-9-25(10-8-24)20(27)16-29-18-5-3-2-4-6-18/h2-6,15H,7-14,16H2,1H3. The van der Waals surface area contributed by atoms with Crippen LogP contribution in [0.1, 0.15) is 5.69 Å². The van der Waals surface area contributed by atoms with Crippen LogP contribution in [0.15, 0.2) is 36.4 Å². The summed E-state index contributed by atoms with van der Waals surface area (Å²) in [6.07, 6.45) is 0. The zero-order valence-corrected chi connectivity index (χ0v) is 16.8. The molecule has 0 saturated carbocycles. The Kier molecular flexibility index (Phi) is 6.09. The molecule has 2 aliphatic heterocycles. The molecule has 0 aliphatic carbocycles. The number of benzene rings is 1. The highest BCUT2D eigenvalue weighted by atomic mass is 16.5. The van der Waals surface area contributed by atoms with Crippen molar-refractivity contribution in [3.63, 3.8) is 0 Å². The van der Waals surface area contributed by atoms with Gasteiger partial charge in [0.2, 0.25) is 5.95 Å². The number of amides is 1. The summed E-state index contributed by atoms with van der Waals surface area (Å²) in [4.78, 5) is 28.1. The molecular weight excluding hydrogens is 370 g/mol. The van der Waals surface area contributed by atoms with Crippen molar-refractivity contribution in [1.82, 2.24) is 14.9 Å². The molecule has 3 heterocycles. The van der Waals surface area contributed by atoms with Crippen molar-refractivity contribution in [3.05, 3.63) is 42.1 Å². The number of nitrogens with zero attached hydrogens (tertiary/aromatic N) is 5. The van der Waals surface area contributed by atoms with Gasteiger partial charge in [-0.2, -0.15) is 4.98 Å². The molecule has 29 heavy (non-hydrogen) atoms. The van der Waals surface area contributed by atoms with Crippen LogP contribution >= 0.6 is 0 Å². The molecule has 2 aliphatic rings. The highest BCUT2D eigenvalue weighted by Crippen LogP contribution is 2.20. The average Bonchev–Trinajstić information content (AvgIpc) is 2.78. The van der Waals surface area contributed by atoms with E-state index in [1.807, 2.05) is 48.2 Å². The summed E-state index contributed by atoms with van der Waals surface area (Å²) in [6.45, 7) is 7.91. The van der Waals surface area contributed by atoms with E-state index in [-0.39, 0.29) is 12.5 Å². The molecule has 8 heteroatoms. The molecule has 154 valence electrons. The second-order valence-electron chi connectivity index (χ2n) is 7.24. The first-order valence-electron chi connectivity index (χ1n) is 10.1. The number of piperazine rings is 1. The number of aromatic nitrogens is 2. The molecule has 0 bridgehead atoms. The SMILES string of the molecule is Cc1cc(N2CCN(C(=O)COc3ccccc3)CC2)nc(N2CCOCC2)n1. The summed E-state index contributed by atoms with van der Waals surface area (Å²) in [5, 5.41) is 0. The summed E-state index contributed by atoms with van der Waals surface area (Å²) >= 11 is 0. The van der Waals surface area contributed by atoms with Crippen LogP contribution in [0.2, 0.25) is 0 Å². The number of rotatable bonds is 5. The number of anilines is 2. The molecule has 0 unspecified atom stereocenters. The van der Waals surface area contributed by atoms with E-state index in [2.05, 4.69) is 14.8 Å². The number of ether oxygens (including phenoxy) is 2. The van der Waals surface area contributed by atoms with Gasteiger partial charge in [0.15, 0.2) is 6.61 Å². The maximum atomic E-state index is 12.5. The van der Waals surface area contributed by atoms with Crippen LogP contribution in [-0.2, 0) is 9.53 Å². The second kappa shape index (κ2) is 9.09. The Bertz CT molecular complexity index is 818. The average molecular weight is 397 g/mol. The largest absolute Gasteiger partial charge is 0.484 e. The minimum absolute atomic E-state index is 0.0152. The molecule has 2 aromatic rings. The molecule has 1 aromatic carbocycles. The Labute approximate surface area is 171 Å². The molecule has 2 fully saturated rings. The van der Waals surface area contributed by atoms with Gasteiger partial charge in [0.25, 0.3) is 5.91 Å². The first kappa shape index (κ1) is 19.4. The summed E-state index contributed by atoms with van der Waals surface area (Å²) in [5.41, 5.74) is 0.950. The van der Waals surface area contributed by atoms with E-state index in [1.54, 1.807) is 0 Å². The normalized spacial score (nSPS) is 17.3. The quantitative estimate of drug-likeness (QED) is 0.754. The van der Waals surface area contributed by atoms with Gasteiger partial charge in [0.05, 0.1) is 13.2 Å². The Morgan fingerprint density at radius 1 is 1.00 bits per heavy atom. The summed E-state index contributed by atoms with van der Waals surface area (Å²) in [7, 11) is 0. The minimum Gasteiger partial charge on any atom is -0.484 e. The fraction of sp³-hybridized carbons (Fsp3) is 0.476. The second-order valence-corrected chi connectivity index (χ2v) is 7.24. The van der Waals surface area contributed by atoms with Gasteiger partial charge in [-0.3, -0.25) is 4.79 Å². The van der Waals surface area contributed by atoms with Crippen LogP contribution in [0.3, 0.4) is 0 Å². The molecular formula is C21H27N5O3. The molecule has 0 radical (unpaired) electrons. The van der Waals surface area contributed by atoms with Gasteiger partial charge in [-0.15, -0.1) is 0 Å². The van der Waals surface area contributed by atoms with Gasteiger partial charge in [-0.1, -0.05) is 18.2 Å². The molecule has 4 rings (SSSR count). The molecule has 1 amide bonds. The van der Waals surface area contributed by atoms with E-state index in [0.717, 1.165) is 43.6 Å². The molecule has 0 spiro atoms. The molecule has 1 aromatic heterocycles. The predicted octanol–water partition coefficient (Wildman–Crippen LogP) is 1.35. The first-order chi connectivity index (χ1) is 14.2. The highest BCUT2D eigenvalue weighted by Gasteiger charge is 2.23. The molecule has 8 nitrogen and oxygen atoms in total. The van der Waals surface area contributed by atoms with Crippen LogP contribution in [0, 0.1) is 6.92 Å². The number of hydrogen-bond acceptors (Lipinski definition) is 7. The van der Waals surface area contributed by atoms with E-state index in [1.165, 1.54) is 0 Å². The van der Waals surface area contributed by atoms with Gasteiger partial charge < -0.3 is 24.2 Å². The zero-order chi connectivity index (χ0) is 20.1. The lowest BCUT2D eigenvalue weighted by atomic mass is 10.3. The predicted molar refractivity (Wildman–Crippen MR) is 111 cm³/mol. The van der Waals surface area contributed by atoms with Crippen LogP contribution < -0.4 is 14.5 Å². The maximum absolute atomic E-state index is 12.5. The van der Waals surface area contributed by atoms with Crippen LogP contribution in [0.5, 0.6) is 5.75 Å². The number of aryl methyl sites for hydroxylation is 1. The highest BCUT2D eigenvalue weighted by molar-refractivity contribution is 5.78. The fourth-order valence-electron chi connectivity index (χ4n) is 3.54. The molecule has 0 N–H and O–H groups in total. The number of hydrogen-bond donors (Lipinski definition) is 0. The van der Waals surface area contributed by atoms with Crippen molar-refractivity contribution in [3.8, 4) is 5.75 Å². The number of para-hydroxylation sites is 1. The molecule has 0 atom stereocenters.